The summed E-state index contributed by atoms with van der Waals surface area (Å²) < 4.78 is 5.41. The number of hydrogen-bond acceptors (Lipinski definition) is 4. The summed E-state index contributed by atoms with van der Waals surface area (Å²) in [6, 6.07) is 3.84. The monoisotopic (exact) mass is 197 g/mol. The van der Waals surface area contributed by atoms with E-state index in [1.165, 1.54) is 0 Å². The molecule has 0 spiro atoms. The first-order valence-corrected chi connectivity index (χ1v) is 4.79. The highest BCUT2D eigenvalue weighted by molar-refractivity contribution is 5.05. The number of hydrogen-bond donors (Lipinski definition) is 2. The van der Waals surface area contributed by atoms with E-state index in [0.29, 0.717) is 19.6 Å². The predicted molar refractivity (Wildman–Crippen MR) is 50.7 cm³/mol. The Morgan fingerprint density at radius 2 is 2.00 bits per heavy atom. The van der Waals surface area contributed by atoms with E-state index in [1.54, 1.807) is 0 Å². The van der Waals surface area contributed by atoms with Gasteiger partial charge in [0.2, 0.25) is 0 Å². The SMILES string of the molecule is Cc1ccc(CN2CC(O)C(O)C2)o1. The van der Waals surface area contributed by atoms with Crippen LogP contribution >= 0.6 is 0 Å². The lowest BCUT2D eigenvalue weighted by molar-refractivity contribution is 0.0572. The maximum absolute atomic E-state index is 9.33. The van der Waals surface area contributed by atoms with Crippen molar-refractivity contribution >= 4 is 0 Å². The molecule has 14 heavy (non-hydrogen) atoms. The quantitative estimate of drug-likeness (QED) is 0.707. The van der Waals surface area contributed by atoms with E-state index < -0.39 is 12.2 Å². The highest BCUT2D eigenvalue weighted by atomic mass is 16.3. The van der Waals surface area contributed by atoms with Crippen LogP contribution in [0.25, 0.3) is 0 Å². The number of likely N-dealkylation sites (tertiary alicyclic amines) is 1. The van der Waals surface area contributed by atoms with E-state index >= 15 is 0 Å². The molecule has 0 bridgehead atoms. The minimum Gasteiger partial charge on any atom is -0.465 e. The lowest BCUT2D eigenvalue weighted by atomic mass is 10.3. The Bertz CT molecular complexity index is 300. The molecule has 4 nitrogen and oxygen atoms in total. The fraction of sp³-hybridized carbons (Fsp3) is 0.600. The zero-order valence-corrected chi connectivity index (χ0v) is 8.18. The third kappa shape index (κ3) is 1.97. The average Bonchev–Trinajstić information content (AvgIpc) is 2.62. The van der Waals surface area contributed by atoms with Crippen molar-refractivity contribution in [1.82, 2.24) is 4.90 Å². The van der Waals surface area contributed by atoms with Crippen LogP contribution in [0.15, 0.2) is 16.5 Å². The van der Waals surface area contributed by atoms with Gasteiger partial charge in [-0.2, -0.15) is 0 Å². The van der Waals surface area contributed by atoms with Crippen LogP contribution in [0.5, 0.6) is 0 Å². The Morgan fingerprint density at radius 1 is 1.36 bits per heavy atom. The van der Waals surface area contributed by atoms with Gasteiger partial charge in [-0.25, -0.2) is 0 Å². The van der Waals surface area contributed by atoms with Crippen molar-refractivity contribution in [3.05, 3.63) is 23.7 Å². The maximum Gasteiger partial charge on any atom is 0.118 e. The van der Waals surface area contributed by atoms with Gasteiger partial charge in [0, 0.05) is 13.1 Å². The molecule has 78 valence electrons. The predicted octanol–water partition coefficient (Wildman–Crippen LogP) is 0.125. The fourth-order valence-electron chi connectivity index (χ4n) is 1.77. The van der Waals surface area contributed by atoms with Gasteiger partial charge in [0.1, 0.15) is 11.5 Å². The molecular weight excluding hydrogens is 182 g/mol. The molecule has 0 saturated carbocycles. The second-order valence-electron chi connectivity index (χ2n) is 3.84. The first kappa shape index (κ1) is 9.71. The van der Waals surface area contributed by atoms with E-state index in [9.17, 15) is 10.2 Å². The Hall–Kier alpha value is -0.840. The highest BCUT2D eigenvalue weighted by Crippen LogP contribution is 2.15. The summed E-state index contributed by atoms with van der Waals surface area (Å²) >= 11 is 0. The minimum absolute atomic E-state index is 0.515. The molecule has 0 amide bonds. The smallest absolute Gasteiger partial charge is 0.118 e. The molecule has 2 N–H and O–H groups in total. The van der Waals surface area contributed by atoms with Gasteiger partial charge in [-0.05, 0) is 19.1 Å². The Labute approximate surface area is 82.8 Å². The molecule has 0 aromatic carbocycles. The molecule has 4 heteroatoms. The van der Waals surface area contributed by atoms with Gasteiger partial charge in [-0.3, -0.25) is 4.90 Å². The van der Waals surface area contributed by atoms with Crippen molar-refractivity contribution in [3.63, 3.8) is 0 Å². The summed E-state index contributed by atoms with van der Waals surface area (Å²) in [5.41, 5.74) is 0. The number of β-amino-alcohol motifs (C(OH)–C–C–N with tert-alkyl or cyclic N) is 2. The van der Waals surface area contributed by atoms with Crippen molar-refractivity contribution in [1.29, 1.82) is 0 Å². The molecule has 1 aromatic heterocycles. The number of rotatable bonds is 2. The summed E-state index contributed by atoms with van der Waals surface area (Å²) in [5, 5.41) is 18.7. The lowest BCUT2D eigenvalue weighted by Crippen LogP contribution is -2.22. The number of aliphatic hydroxyl groups excluding tert-OH is 2. The molecule has 0 radical (unpaired) electrons. The molecule has 2 rings (SSSR count). The molecule has 1 aromatic rings. The van der Waals surface area contributed by atoms with Gasteiger partial charge in [0.05, 0.1) is 18.8 Å². The van der Waals surface area contributed by atoms with Gasteiger partial charge in [0.25, 0.3) is 0 Å². The third-order valence-electron chi connectivity index (χ3n) is 2.51. The lowest BCUT2D eigenvalue weighted by Gasteiger charge is -2.11. The Balaban J connectivity index is 1.93. The molecule has 1 saturated heterocycles. The van der Waals surface area contributed by atoms with Crippen molar-refractivity contribution in [2.45, 2.75) is 25.7 Å². The van der Waals surface area contributed by atoms with E-state index in [-0.39, 0.29) is 0 Å². The number of nitrogens with zero attached hydrogens (tertiary/aromatic N) is 1. The van der Waals surface area contributed by atoms with Gasteiger partial charge in [-0.1, -0.05) is 0 Å². The van der Waals surface area contributed by atoms with E-state index in [1.807, 2.05) is 24.0 Å². The second kappa shape index (κ2) is 3.73. The van der Waals surface area contributed by atoms with Gasteiger partial charge < -0.3 is 14.6 Å². The van der Waals surface area contributed by atoms with Crippen molar-refractivity contribution in [2.24, 2.45) is 0 Å². The maximum atomic E-state index is 9.33. The van der Waals surface area contributed by atoms with E-state index in [2.05, 4.69) is 0 Å². The molecule has 1 aliphatic rings. The van der Waals surface area contributed by atoms with Crippen molar-refractivity contribution < 1.29 is 14.6 Å². The molecule has 1 fully saturated rings. The van der Waals surface area contributed by atoms with Crippen LogP contribution in [0.2, 0.25) is 0 Å². The zero-order chi connectivity index (χ0) is 10.1. The molecule has 2 atom stereocenters. The van der Waals surface area contributed by atoms with E-state index in [0.717, 1.165) is 11.5 Å². The van der Waals surface area contributed by atoms with Crippen LogP contribution in [0, 0.1) is 6.92 Å². The number of furan rings is 1. The first-order chi connectivity index (χ1) is 6.65. The van der Waals surface area contributed by atoms with Crippen LogP contribution in [0.4, 0.5) is 0 Å². The molecule has 2 heterocycles. The van der Waals surface area contributed by atoms with Gasteiger partial charge >= 0.3 is 0 Å². The van der Waals surface area contributed by atoms with Crippen molar-refractivity contribution in [2.75, 3.05) is 13.1 Å². The molecule has 1 aliphatic heterocycles. The number of aliphatic hydroxyl groups is 2. The van der Waals surface area contributed by atoms with Gasteiger partial charge in [-0.15, -0.1) is 0 Å². The average molecular weight is 197 g/mol. The van der Waals surface area contributed by atoms with Gasteiger partial charge in [0.15, 0.2) is 0 Å². The summed E-state index contributed by atoms with van der Waals surface area (Å²) in [7, 11) is 0. The van der Waals surface area contributed by atoms with Crippen LogP contribution < -0.4 is 0 Å². The van der Waals surface area contributed by atoms with Crippen LogP contribution in [0.3, 0.4) is 0 Å². The largest absolute Gasteiger partial charge is 0.465 e. The minimum atomic E-state index is -0.619. The van der Waals surface area contributed by atoms with Crippen LogP contribution in [0.1, 0.15) is 11.5 Å². The first-order valence-electron chi connectivity index (χ1n) is 4.79. The standard InChI is InChI=1S/C10H15NO3/c1-7-2-3-8(14-7)4-11-5-9(12)10(13)6-11/h2-3,9-10,12-13H,4-6H2,1H3. The summed E-state index contributed by atoms with van der Waals surface area (Å²) in [6.07, 6.45) is -1.24. The molecule has 2 unspecified atom stereocenters. The topological polar surface area (TPSA) is 56.8 Å². The van der Waals surface area contributed by atoms with Crippen LogP contribution in [-0.2, 0) is 6.54 Å². The fourth-order valence-corrected chi connectivity index (χ4v) is 1.77. The molecule has 0 aliphatic carbocycles. The summed E-state index contributed by atoms with van der Waals surface area (Å²) in [4.78, 5) is 1.98. The number of aryl methyl sites for hydroxylation is 1. The Kier molecular flexibility index (Phi) is 2.58. The van der Waals surface area contributed by atoms with E-state index in [4.69, 9.17) is 4.42 Å². The highest BCUT2D eigenvalue weighted by Gasteiger charge is 2.29. The zero-order valence-electron chi connectivity index (χ0n) is 8.18. The van der Waals surface area contributed by atoms with Crippen LogP contribution in [-0.4, -0.2) is 40.4 Å². The van der Waals surface area contributed by atoms with Crippen molar-refractivity contribution in [3.8, 4) is 0 Å². The third-order valence-corrected chi connectivity index (χ3v) is 2.51. The summed E-state index contributed by atoms with van der Waals surface area (Å²) in [6.45, 7) is 3.58. The molecular formula is C10H15NO3. The second-order valence-corrected chi connectivity index (χ2v) is 3.84. The normalized spacial score (nSPS) is 28.5. The summed E-state index contributed by atoms with van der Waals surface area (Å²) in [5.74, 6) is 1.77. The Morgan fingerprint density at radius 3 is 2.50 bits per heavy atom.